The van der Waals surface area contributed by atoms with Crippen molar-refractivity contribution < 1.29 is 14.4 Å². The van der Waals surface area contributed by atoms with Crippen LogP contribution in [0.1, 0.15) is 105 Å². The number of unbranched alkanes of at least 4 members (excludes halogenated alkanes) is 8. The van der Waals surface area contributed by atoms with E-state index in [1.165, 1.54) is 49.8 Å². The molecule has 7 rings (SSSR count). The van der Waals surface area contributed by atoms with Gasteiger partial charge in [-0.2, -0.15) is 0 Å². The molecule has 1 fully saturated rings. The highest BCUT2D eigenvalue weighted by molar-refractivity contribution is 6.23. The van der Waals surface area contributed by atoms with Crippen molar-refractivity contribution in [3.63, 3.8) is 0 Å². The van der Waals surface area contributed by atoms with Crippen LogP contribution in [0.4, 0.5) is 11.4 Å². The third-order valence-electron chi connectivity index (χ3n) is 9.34. The molecule has 41 heavy (non-hydrogen) atoms. The largest absolute Gasteiger partial charge is 0.326 e. The van der Waals surface area contributed by atoms with Gasteiger partial charge in [0.1, 0.15) is 0 Å². The van der Waals surface area contributed by atoms with Crippen molar-refractivity contribution in [1.82, 2.24) is 0 Å². The number of nitrogens with zero attached hydrogens (tertiary/aromatic N) is 1. The summed E-state index contributed by atoms with van der Waals surface area (Å²) in [6, 6.07) is 23.8. The van der Waals surface area contributed by atoms with Crippen LogP contribution in [-0.4, -0.2) is 17.7 Å². The first kappa shape index (κ1) is 27.4. The van der Waals surface area contributed by atoms with E-state index in [9.17, 15) is 14.4 Å². The average Bonchev–Trinajstić information content (AvgIpc) is 3.26. The Morgan fingerprint density at radius 3 is 1.66 bits per heavy atom. The summed E-state index contributed by atoms with van der Waals surface area (Å²) in [5, 5.41) is 2.99. The maximum Gasteiger partial charge on any atom is 0.238 e. The molecule has 0 radical (unpaired) electrons. The minimum atomic E-state index is -0.415. The zero-order chi connectivity index (χ0) is 28.3. The quantitative estimate of drug-likeness (QED) is 0.185. The smallest absolute Gasteiger partial charge is 0.238 e. The molecular formula is C36H40N2O3. The van der Waals surface area contributed by atoms with Crippen LogP contribution in [0.5, 0.6) is 0 Å². The molecule has 2 bridgehead atoms. The Morgan fingerprint density at radius 2 is 1.15 bits per heavy atom. The van der Waals surface area contributed by atoms with E-state index in [-0.39, 0.29) is 29.6 Å². The van der Waals surface area contributed by atoms with Crippen LogP contribution in [0.15, 0.2) is 72.8 Å². The predicted octanol–water partition coefficient (Wildman–Crippen LogP) is 7.94. The van der Waals surface area contributed by atoms with E-state index in [0.29, 0.717) is 17.8 Å². The van der Waals surface area contributed by atoms with Crippen LogP contribution >= 0.6 is 0 Å². The van der Waals surface area contributed by atoms with Gasteiger partial charge in [-0.05, 0) is 46.9 Å². The molecule has 4 aliphatic rings. The van der Waals surface area contributed by atoms with Crippen molar-refractivity contribution in [3.05, 3.63) is 95.1 Å². The zero-order valence-electron chi connectivity index (χ0n) is 24.0. The first-order valence-corrected chi connectivity index (χ1v) is 15.6. The number of carbonyl (C=O) groups excluding carboxylic acids is 3. The highest BCUT2D eigenvalue weighted by Gasteiger charge is 2.61. The van der Waals surface area contributed by atoms with Crippen LogP contribution in [0.3, 0.4) is 0 Å². The number of hydrogen-bond donors (Lipinski definition) is 1. The fourth-order valence-corrected chi connectivity index (χ4v) is 7.47. The van der Waals surface area contributed by atoms with Gasteiger partial charge in [0.05, 0.1) is 17.5 Å². The van der Waals surface area contributed by atoms with E-state index < -0.39 is 11.8 Å². The molecule has 3 aliphatic carbocycles. The van der Waals surface area contributed by atoms with Gasteiger partial charge >= 0.3 is 0 Å². The van der Waals surface area contributed by atoms with Gasteiger partial charge in [-0.15, -0.1) is 0 Å². The lowest BCUT2D eigenvalue weighted by atomic mass is 9.55. The third-order valence-corrected chi connectivity index (χ3v) is 9.34. The highest BCUT2D eigenvalue weighted by atomic mass is 16.2. The third kappa shape index (κ3) is 5.11. The van der Waals surface area contributed by atoms with Crippen LogP contribution in [0.2, 0.25) is 0 Å². The molecule has 0 spiro atoms. The predicted molar refractivity (Wildman–Crippen MR) is 163 cm³/mol. The van der Waals surface area contributed by atoms with Gasteiger partial charge in [-0.25, -0.2) is 4.90 Å². The lowest BCUT2D eigenvalue weighted by Crippen LogP contribution is -2.41. The normalized spacial score (nSPS) is 21.9. The summed E-state index contributed by atoms with van der Waals surface area (Å²) < 4.78 is 0. The molecule has 3 aromatic carbocycles. The van der Waals surface area contributed by atoms with Crippen molar-refractivity contribution in [2.24, 2.45) is 11.8 Å². The van der Waals surface area contributed by atoms with Crippen molar-refractivity contribution in [3.8, 4) is 0 Å². The van der Waals surface area contributed by atoms with Gasteiger partial charge < -0.3 is 5.32 Å². The average molecular weight is 549 g/mol. The van der Waals surface area contributed by atoms with E-state index in [2.05, 4.69) is 36.5 Å². The molecule has 0 aromatic heterocycles. The van der Waals surface area contributed by atoms with Gasteiger partial charge in [0.15, 0.2) is 0 Å². The molecule has 2 atom stereocenters. The standard InChI is InChI=1S/C36H40N2O3/c1-2-3-4-5-6-7-8-9-10-22-30(39)37-24-16-15-17-25(23-24)38-35(40)33-31-26-18-11-12-19-27(26)32(34(33)36(38)41)29-21-14-13-20-28(29)31/h11-21,23,31-34H,2-10,22H2,1H3,(H,37,39). The maximum absolute atomic E-state index is 14.0. The van der Waals surface area contributed by atoms with Crippen LogP contribution in [0.25, 0.3) is 0 Å². The minimum Gasteiger partial charge on any atom is -0.326 e. The van der Waals surface area contributed by atoms with Crippen LogP contribution in [0, 0.1) is 11.8 Å². The van der Waals surface area contributed by atoms with Crippen molar-refractivity contribution in [1.29, 1.82) is 0 Å². The summed E-state index contributed by atoms with van der Waals surface area (Å²) >= 11 is 0. The molecule has 1 aliphatic heterocycles. The summed E-state index contributed by atoms with van der Waals surface area (Å²) in [4.78, 5) is 42.1. The molecule has 2 unspecified atom stereocenters. The Bertz CT molecular complexity index is 1330. The summed E-state index contributed by atoms with van der Waals surface area (Å²) in [7, 11) is 0. The molecule has 5 heteroatoms. The highest BCUT2D eigenvalue weighted by Crippen LogP contribution is 2.61. The lowest BCUT2D eigenvalue weighted by Gasteiger charge is -2.45. The number of hydrogen-bond acceptors (Lipinski definition) is 3. The second-order valence-corrected chi connectivity index (χ2v) is 12.0. The molecular weight excluding hydrogens is 508 g/mol. The van der Waals surface area contributed by atoms with Gasteiger partial charge in [0.2, 0.25) is 17.7 Å². The second-order valence-electron chi connectivity index (χ2n) is 12.0. The van der Waals surface area contributed by atoms with E-state index in [4.69, 9.17) is 0 Å². The van der Waals surface area contributed by atoms with E-state index in [1.807, 2.05) is 36.4 Å². The Labute approximate surface area is 243 Å². The molecule has 212 valence electrons. The number of carbonyl (C=O) groups is 3. The summed E-state index contributed by atoms with van der Waals surface area (Å²) in [6.45, 7) is 2.24. The fraction of sp³-hybridized carbons (Fsp3) is 0.417. The first-order valence-electron chi connectivity index (χ1n) is 15.6. The molecule has 0 saturated carbocycles. The van der Waals surface area contributed by atoms with E-state index in [1.54, 1.807) is 12.1 Å². The molecule has 1 heterocycles. The minimum absolute atomic E-state index is 0.0261. The summed E-state index contributed by atoms with van der Waals surface area (Å²) in [5.74, 6) is -1.39. The number of benzene rings is 3. The molecule has 1 N–H and O–H groups in total. The second kappa shape index (κ2) is 12.0. The van der Waals surface area contributed by atoms with Crippen LogP contribution < -0.4 is 10.2 Å². The van der Waals surface area contributed by atoms with E-state index >= 15 is 0 Å². The Balaban J connectivity index is 1.12. The fourth-order valence-electron chi connectivity index (χ4n) is 7.47. The maximum atomic E-state index is 14.0. The first-order chi connectivity index (χ1) is 20.1. The topological polar surface area (TPSA) is 66.5 Å². The van der Waals surface area contributed by atoms with Crippen molar-refractivity contribution in [2.75, 3.05) is 10.2 Å². The molecule has 5 nitrogen and oxygen atoms in total. The Kier molecular flexibility index (Phi) is 8.04. The zero-order valence-corrected chi connectivity index (χ0v) is 24.0. The molecule has 3 amide bonds. The molecule has 1 saturated heterocycles. The Hall–Kier alpha value is -3.73. The van der Waals surface area contributed by atoms with Gasteiger partial charge in [-0.3, -0.25) is 14.4 Å². The summed E-state index contributed by atoms with van der Waals surface area (Å²) in [6.07, 6.45) is 11.4. The Morgan fingerprint density at radius 1 is 0.659 bits per heavy atom. The number of rotatable bonds is 12. The van der Waals surface area contributed by atoms with E-state index in [0.717, 1.165) is 35.1 Å². The SMILES string of the molecule is CCCCCCCCCCCC(=O)Nc1cccc(N2C(=O)C3C4c5ccccc5C(c5ccccc54)C3C2=O)c1. The van der Waals surface area contributed by atoms with Gasteiger partial charge in [-0.1, -0.05) is 113 Å². The molecule has 3 aromatic rings. The number of anilines is 2. The number of nitrogens with one attached hydrogen (secondary N) is 1. The number of amides is 3. The van der Waals surface area contributed by atoms with Gasteiger partial charge in [0.25, 0.3) is 0 Å². The van der Waals surface area contributed by atoms with Crippen LogP contribution in [-0.2, 0) is 14.4 Å². The summed E-state index contributed by atoms with van der Waals surface area (Å²) in [5.41, 5.74) is 5.81. The monoisotopic (exact) mass is 548 g/mol. The lowest BCUT2D eigenvalue weighted by molar-refractivity contribution is -0.122. The van der Waals surface area contributed by atoms with Gasteiger partial charge in [0, 0.05) is 23.9 Å². The number of imide groups is 1. The van der Waals surface area contributed by atoms with Crippen molar-refractivity contribution >= 4 is 29.1 Å². The van der Waals surface area contributed by atoms with Crippen molar-refractivity contribution in [2.45, 2.75) is 83.0 Å².